The van der Waals surface area contributed by atoms with Gasteiger partial charge in [0.1, 0.15) is 5.75 Å². The van der Waals surface area contributed by atoms with Crippen LogP contribution >= 0.6 is 35.4 Å². The molecule has 0 amide bonds. The highest BCUT2D eigenvalue weighted by Gasteiger charge is 2.39. The van der Waals surface area contributed by atoms with Crippen LogP contribution in [0.1, 0.15) is 31.2 Å². The number of halogens is 2. The van der Waals surface area contributed by atoms with Crippen LogP contribution in [0, 0.1) is 11.8 Å². The molecule has 1 aromatic carbocycles. The van der Waals surface area contributed by atoms with Gasteiger partial charge in [-0.15, -0.1) is 0 Å². The molecule has 3 atom stereocenters. The lowest BCUT2D eigenvalue weighted by Crippen LogP contribution is -2.42. The molecule has 3 rings (SSSR count). The Morgan fingerprint density at radius 1 is 1.32 bits per heavy atom. The van der Waals surface area contributed by atoms with Crippen LogP contribution in [-0.4, -0.2) is 22.5 Å². The van der Waals surface area contributed by atoms with Crippen molar-refractivity contribution in [2.24, 2.45) is 16.9 Å². The maximum Gasteiger partial charge on any atom is 0.187 e. The summed E-state index contributed by atoms with van der Waals surface area (Å²) in [7, 11) is 0. The first kappa shape index (κ1) is 15.8. The van der Waals surface area contributed by atoms with Crippen molar-refractivity contribution in [1.82, 2.24) is 10.7 Å². The summed E-state index contributed by atoms with van der Waals surface area (Å²) in [5.74, 6) is 1.55. The molecule has 0 saturated heterocycles. The predicted molar refractivity (Wildman–Crippen MR) is 93.8 cm³/mol. The zero-order chi connectivity index (χ0) is 15.7. The molecule has 3 N–H and O–H groups in total. The maximum atomic E-state index is 9.83. The second-order valence-corrected chi connectivity index (χ2v) is 7.20. The van der Waals surface area contributed by atoms with Crippen LogP contribution in [0.3, 0.4) is 0 Å². The summed E-state index contributed by atoms with van der Waals surface area (Å²) in [4.78, 5) is 0. The van der Waals surface area contributed by atoms with E-state index in [-0.39, 0.29) is 10.8 Å². The van der Waals surface area contributed by atoms with E-state index in [2.05, 4.69) is 15.8 Å². The Bertz CT molecular complexity index is 623. The monoisotopic (exact) mass is 357 g/mol. The van der Waals surface area contributed by atoms with Crippen LogP contribution in [0.4, 0.5) is 0 Å². The molecule has 4 nitrogen and oxygen atoms in total. The smallest absolute Gasteiger partial charge is 0.187 e. The normalized spacial score (nSPS) is 26.5. The molecule has 7 heteroatoms. The van der Waals surface area contributed by atoms with Crippen LogP contribution in [0.5, 0.6) is 5.75 Å². The summed E-state index contributed by atoms with van der Waals surface area (Å²) in [6, 6.07) is 3.52. The van der Waals surface area contributed by atoms with Gasteiger partial charge in [-0.3, -0.25) is 5.43 Å². The van der Waals surface area contributed by atoms with Gasteiger partial charge < -0.3 is 10.4 Å². The Kier molecular flexibility index (Phi) is 4.76. The molecule has 2 bridgehead atoms. The minimum absolute atomic E-state index is 0.0522. The number of hydrogen-bond acceptors (Lipinski definition) is 3. The lowest BCUT2D eigenvalue weighted by Gasteiger charge is -2.23. The molecule has 2 saturated carbocycles. The topological polar surface area (TPSA) is 56.7 Å². The quantitative estimate of drug-likeness (QED) is 0.438. The average Bonchev–Trinajstić information content (AvgIpc) is 3.06. The summed E-state index contributed by atoms with van der Waals surface area (Å²) in [5.41, 5.74) is 3.21. The van der Waals surface area contributed by atoms with Crippen molar-refractivity contribution in [3.63, 3.8) is 0 Å². The van der Waals surface area contributed by atoms with E-state index in [9.17, 15) is 5.11 Å². The van der Waals surface area contributed by atoms with Gasteiger partial charge in [0.05, 0.1) is 11.2 Å². The first-order valence-corrected chi connectivity index (χ1v) is 8.47. The zero-order valence-electron chi connectivity index (χ0n) is 11.9. The second-order valence-electron chi connectivity index (χ2n) is 5.95. The fraction of sp³-hybridized carbons (Fsp3) is 0.467. The molecule has 2 aliphatic rings. The molecule has 1 aromatic rings. The molecule has 22 heavy (non-hydrogen) atoms. The lowest BCUT2D eigenvalue weighted by atomic mass is 9.96. The SMILES string of the molecule is Oc1c(Cl)cc(Cl)cc1C=NNC(=S)NC1CC2CCC1C2. The Hall–Kier alpha value is -1.04. The number of phenols is 1. The van der Waals surface area contributed by atoms with Crippen molar-refractivity contribution in [1.29, 1.82) is 0 Å². The van der Waals surface area contributed by atoms with Crippen LogP contribution < -0.4 is 10.7 Å². The number of benzene rings is 1. The van der Waals surface area contributed by atoms with Gasteiger partial charge in [0.15, 0.2) is 5.11 Å². The molecule has 118 valence electrons. The van der Waals surface area contributed by atoms with E-state index in [0.29, 0.717) is 21.7 Å². The van der Waals surface area contributed by atoms with Gasteiger partial charge in [-0.1, -0.05) is 29.6 Å². The highest BCUT2D eigenvalue weighted by Crippen LogP contribution is 2.44. The van der Waals surface area contributed by atoms with Crippen LogP contribution in [0.25, 0.3) is 0 Å². The van der Waals surface area contributed by atoms with Gasteiger partial charge in [0, 0.05) is 16.6 Å². The Balaban J connectivity index is 1.55. The van der Waals surface area contributed by atoms with E-state index < -0.39 is 0 Å². The van der Waals surface area contributed by atoms with Gasteiger partial charge in [0.2, 0.25) is 0 Å². The fourth-order valence-electron chi connectivity index (χ4n) is 3.47. The van der Waals surface area contributed by atoms with Gasteiger partial charge in [0.25, 0.3) is 0 Å². The molecule has 0 heterocycles. The Labute approximate surface area is 144 Å². The number of phenolic OH excluding ortho intramolecular Hbond substituents is 1. The first-order chi connectivity index (χ1) is 10.5. The Morgan fingerprint density at radius 3 is 2.82 bits per heavy atom. The number of thiocarbonyl (C=S) groups is 1. The standard InChI is InChI=1S/C15H17Cl2N3OS/c16-11-5-10(14(21)12(17)6-11)7-18-20-15(22)19-13-4-8-1-2-9(13)3-8/h5-9,13,21H,1-4H2,(H2,19,20,22). The highest BCUT2D eigenvalue weighted by atomic mass is 35.5. The first-order valence-electron chi connectivity index (χ1n) is 7.30. The number of fused-ring (bicyclic) bond motifs is 2. The molecule has 3 unspecified atom stereocenters. The molecule has 0 aliphatic heterocycles. The van der Waals surface area contributed by atoms with E-state index in [1.165, 1.54) is 38.0 Å². The number of rotatable bonds is 3. The molecule has 0 radical (unpaired) electrons. The molecular formula is C15H17Cl2N3OS. The van der Waals surface area contributed by atoms with Gasteiger partial charge in [-0.2, -0.15) is 5.10 Å². The zero-order valence-corrected chi connectivity index (χ0v) is 14.2. The number of hydrazone groups is 1. The number of hydrogen-bond donors (Lipinski definition) is 3. The average molecular weight is 358 g/mol. The minimum atomic E-state index is -0.0522. The van der Waals surface area contributed by atoms with Crippen molar-refractivity contribution in [3.8, 4) is 5.75 Å². The maximum absolute atomic E-state index is 9.83. The second kappa shape index (κ2) is 6.60. The summed E-state index contributed by atoms with van der Waals surface area (Å²) >= 11 is 17.0. The van der Waals surface area contributed by atoms with E-state index in [4.69, 9.17) is 35.4 Å². The van der Waals surface area contributed by atoms with Crippen molar-refractivity contribution >= 4 is 46.7 Å². The van der Waals surface area contributed by atoms with Gasteiger partial charge in [-0.25, -0.2) is 0 Å². The highest BCUT2D eigenvalue weighted by molar-refractivity contribution is 7.80. The predicted octanol–water partition coefficient (Wildman–Crippen LogP) is 3.69. The minimum Gasteiger partial charge on any atom is -0.506 e. The summed E-state index contributed by atoms with van der Waals surface area (Å²) in [6.07, 6.45) is 6.61. The Morgan fingerprint density at radius 2 is 2.14 bits per heavy atom. The molecule has 0 aromatic heterocycles. The van der Waals surface area contributed by atoms with Crippen molar-refractivity contribution < 1.29 is 5.11 Å². The van der Waals surface area contributed by atoms with Gasteiger partial charge >= 0.3 is 0 Å². The molecule has 2 aliphatic carbocycles. The summed E-state index contributed by atoms with van der Waals surface area (Å²) in [6.45, 7) is 0. The third-order valence-electron chi connectivity index (χ3n) is 4.48. The molecular weight excluding hydrogens is 341 g/mol. The van der Waals surface area contributed by atoms with Crippen LogP contribution in [0.2, 0.25) is 10.0 Å². The molecule has 0 spiro atoms. The van der Waals surface area contributed by atoms with Crippen LogP contribution in [-0.2, 0) is 0 Å². The third kappa shape index (κ3) is 3.47. The van der Waals surface area contributed by atoms with E-state index >= 15 is 0 Å². The third-order valence-corrected chi connectivity index (χ3v) is 5.20. The van der Waals surface area contributed by atoms with Crippen molar-refractivity contribution in [3.05, 3.63) is 27.7 Å². The van der Waals surface area contributed by atoms with Crippen molar-refractivity contribution in [2.45, 2.75) is 31.7 Å². The summed E-state index contributed by atoms with van der Waals surface area (Å²) in [5, 5.41) is 18.3. The lowest BCUT2D eigenvalue weighted by molar-refractivity contribution is 0.389. The van der Waals surface area contributed by atoms with Gasteiger partial charge in [-0.05, 0) is 55.4 Å². The molecule has 2 fully saturated rings. The summed E-state index contributed by atoms with van der Waals surface area (Å²) < 4.78 is 0. The van der Waals surface area contributed by atoms with Crippen molar-refractivity contribution in [2.75, 3.05) is 0 Å². The fourth-order valence-corrected chi connectivity index (χ4v) is 4.18. The van der Waals surface area contributed by atoms with E-state index in [0.717, 1.165) is 11.8 Å². The number of nitrogens with zero attached hydrogens (tertiary/aromatic N) is 1. The van der Waals surface area contributed by atoms with Crippen LogP contribution in [0.15, 0.2) is 17.2 Å². The largest absolute Gasteiger partial charge is 0.506 e. The van der Waals surface area contributed by atoms with E-state index in [1.54, 1.807) is 6.07 Å². The van der Waals surface area contributed by atoms with E-state index in [1.807, 2.05) is 0 Å². The number of aromatic hydroxyl groups is 1. The number of nitrogens with one attached hydrogen (secondary N) is 2.